The fourth-order valence-electron chi connectivity index (χ4n) is 3.45. The van der Waals surface area contributed by atoms with E-state index in [9.17, 15) is 9.59 Å². The van der Waals surface area contributed by atoms with Crippen LogP contribution >= 0.6 is 11.3 Å². The summed E-state index contributed by atoms with van der Waals surface area (Å²) in [6.45, 7) is 3.33. The second-order valence-electron chi connectivity index (χ2n) is 6.79. The number of hydrogen-bond acceptors (Lipinski definition) is 4. The summed E-state index contributed by atoms with van der Waals surface area (Å²) in [4.78, 5) is 27.8. The molecule has 0 bridgehead atoms. The quantitative estimate of drug-likeness (QED) is 0.820. The molecule has 2 amide bonds. The third-order valence-corrected chi connectivity index (χ3v) is 5.99. The number of nitrogens with zero attached hydrogens (tertiary/aromatic N) is 1. The molecule has 1 saturated heterocycles. The first-order valence-electron chi connectivity index (χ1n) is 9.39. The molecule has 1 fully saturated rings. The molecule has 2 aromatic rings. The first kappa shape index (κ1) is 19.4. The maximum absolute atomic E-state index is 12.7. The smallest absolute Gasteiger partial charge is 0.263 e. The number of methoxy groups -OCH3 is 1. The number of piperidine rings is 1. The van der Waals surface area contributed by atoms with Gasteiger partial charge in [-0.3, -0.25) is 9.59 Å². The van der Waals surface area contributed by atoms with Gasteiger partial charge in [0.2, 0.25) is 5.91 Å². The second-order valence-corrected chi connectivity index (χ2v) is 7.73. The molecule has 1 aromatic carbocycles. The molecular formula is C21H26N2O3S. The zero-order valence-electron chi connectivity index (χ0n) is 15.8. The maximum Gasteiger partial charge on any atom is 0.263 e. The van der Waals surface area contributed by atoms with E-state index in [2.05, 4.69) is 12.2 Å². The zero-order valence-corrected chi connectivity index (χ0v) is 16.6. The number of ether oxygens (including phenoxy) is 1. The summed E-state index contributed by atoms with van der Waals surface area (Å²) >= 11 is 1.46. The Morgan fingerprint density at radius 3 is 2.48 bits per heavy atom. The molecular weight excluding hydrogens is 360 g/mol. The van der Waals surface area contributed by atoms with Crippen LogP contribution in [0.1, 0.15) is 47.5 Å². The van der Waals surface area contributed by atoms with Crippen LogP contribution < -0.4 is 10.1 Å². The van der Waals surface area contributed by atoms with Gasteiger partial charge in [0.15, 0.2) is 0 Å². The van der Waals surface area contributed by atoms with Crippen molar-refractivity contribution in [1.82, 2.24) is 10.2 Å². The number of nitrogens with one attached hydrogen (secondary N) is 1. The van der Waals surface area contributed by atoms with Crippen LogP contribution in [-0.2, 0) is 4.79 Å². The minimum absolute atomic E-state index is 0.00538. The van der Waals surface area contributed by atoms with Crippen molar-refractivity contribution in [3.63, 3.8) is 0 Å². The van der Waals surface area contributed by atoms with Crippen LogP contribution in [0.5, 0.6) is 5.75 Å². The Morgan fingerprint density at radius 1 is 1.22 bits per heavy atom. The predicted molar refractivity (Wildman–Crippen MR) is 107 cm³/mol. The highest BCUT2D eigenvalue weighted by Gasteiger charge is 2.29. The van der Waals surface area contributed by atoms with E-state index in [0.29, 0.717) is 25.9 Å². The van der Waals surface area contributed by atoms with Gasteiger partial charge in [0.05, 0.1) is 18.0 Å². The monoisotopic (exact) mass is 386 g/mol. The predicted octanol–water partition coefficient (Wildman–Crippen LogP) is 3.88. The van der Waals surface area contributed by atoms with Crippen molar-refractivity contribution in [2.75, 3.05) is 20.2 Å². The van der Waals surface area contributed by atoms with Gasteiger partial charge in [-0.05, 0) is 48.4 Å². The highest BCUT2D eigenvalue weighted by atomic mass is 32.1. The number of carbonyl (C=O) groups excluding carboxylic acids is 2. The topological polar surface area (TPSA) is 58.6 Å². The third kappa shape index (κ3) is 4.69. The standard InChI is InChI=1S/C21H26N2O3S/c1-3-18(15-6-8-17(26-2)9-7-15)22-20(24)16-10-12-23(13-11-16)21(25)19-5-4-14-27-19/h4-9,14,16,18H,3,10-13H2,1-2H3,(H,22,24). The van der Waals surface area contributed by atoms with Crippen LogP contribution in [0.3, 0.4) is 0 Å². The second kappa shape index (κ2) is 9.04. The molecule has 1 N–H and O–H groups in total. The summed E-state index contributed by atoms with van der Waals surface area (Å²) in [5, 5.41) is 5.09. The van der Waals surface area contributed by atoms with Crippen molar-refractivity contribution in [3.05, 3.63) is 52.2 Å². The Hall–Kier alpha value is -2.34. The average Bonchev–Trinajstić information content (AvgIpc) is 3.26. The van der Waals surface area contributed by atoms with Crippen LogP contribution in [0.25, 0.3) is 0 Å². The van der Waals surface area contributed by atoms with E-state index < -0.39 is 0 Å². The first-order valence-corrected chi connectivity index (χ1v) is 10.3. The van der Waals surface area contributed by atoms with Crippen LogP contribution in [0.15, 0.2) is 41.8 Å². The number of hydrogen-bond donors (Lipinski definition) is 1. The maximum atomic E-state index is 12.7. The van der Waals surface area contributed by atoms with Crippen LogP contribution in [0, 0.1) is 5.92 Å². The summed E-state index contributed by atoms with van der Waals surface area (Å²) in [5.41, 5.74) is 1.08. The van der Waals surface area contributed by atoms with E-state index in [0.717, 1.165) is 22.6 Å². The number of rotatable bonds is 6. The van der Waals surface area contributed by atoms with E-state index in [1.807, 2.05) is 46.7 Å². The number of carbonyl (C=O) groups is 2. The van der Waals surface area contributed by atoms with Gasteiger partial charge in [-0.2, -0.15) is 0 Å². The van der Waals surface area contributed by atoms with Crippen molar-refractivity contribution < 1.29 is 14.3 Å². The Balaban J connectivity index is 1.54. The fourth-order valence-corrected chi connectivity index (χ4v) is 4.14. The van der Waals surface area contributed by atoms with E-state index in [1.165, 1.54) is 11.3 Å². The summed E-state index contributed by atoms with van der Waals surface area (Å²) in [7, 11) is 1.64. The van der Waals surface area contributed by atoms with Crippen LogP contribution in [0.2, 0.25) is 0 Å². The van der Waals surface area contributed by atoms with Crippen molar-refractivity contribution in [3.8, 4) is 5.75 Å². The van der Waals surface area contributed by atoms with Crippen molar-refractivity contribution >= 4 is 23.2 Å². The molecule has 1 aliphatic heterocycles. The molecule has 0 aliphatic carbocycles. The van der Waals surface area contributed by atoms with Crippen molar-refractivity contribution in [1.29, 1.82) is 0 Å². The molecule has 2 heterocycles. The van der Waals surface area contributed by atoms with Gasteiger partial charge in [0.1, 0.15) is 5.75 Å². The molecule has 144 valence electrons. The Labute approximate surface area is 164 Å². The minimum Gasteiger partial charge on any atom is -0.497 e. The molecule has 0 saturated carbocycles. The molecule has 6 heteroatoms. The number of benzene rings is 1. The normalized spacial score (nSPS) is 16.0. The third-order valence-electron chi connectivity index (χ3n) is 5.13. The van der Waals surface area contributed by atoms with Crippen LogP contribution in [0.4, 0.5) is 0 Å². The molecule has 1 aliphatic rings. The van der Waals surface area contributed by atoms with Gasteiger partial charge in [-0.25, -0.2) is 0 Å². The minimum atomic E-state index is -0.0373. The fraction of sp³-hybridized carbons (Fsp3) is 0.429. The van der Waals surface area contributed by atoms with Gasteiger partial charge in [0, 0.05) is 19.0 Å². The lowest BCUT2D eigenvalue weighted by Crippen LogP contribution is -2.43. The van der Waals surface area contributed by atoms with E-state index in [1.54, 1.807) is 7.11 Å². The average molecular weight is 387 g/mol. The van der Waals surface area contributed by atoms with Gasteiger partial charge in [0.25, 0.3) is 5.91 Å². The van der Waals surface area contributed by atoms with Crippen molar-refractivity contribution in [2.24, 2.45) is 5.92 Å². The van der Waals surface area contributed by atoms with Gasteiger partial charge < -0.3 is 15.0 Å². The Morgan fingerprint density at radius 2 is 1.93 bits per heavy atom. The van der Waals surface area contributed by atoms with E-state index >= 15 is 0 Å². The number of amides is 2. The molecule has 0 spiro atoms. The summed E-state index contributed by atoms with van der Waals surface area (Å²) in [6, 6.07) is 11.6. The number of likely N-dealkylation sites (tertiary alicyclic amines) is 1. The molecule has 1 atom stereocenters. The molecule has 5 nitrogen and oxygen atoms in total. The van der Waals surface area contributed by atoms with Gasteiger partial charge >= 0.3 is 0 Å². The highest BCUT2D eigenvalue weighted by Crippen LogP contribution is 2.24. The van der Waals surface area contributed by atoms with Crippen LogP contribution in [-0.4, -0.2) is 36.9 Å². The summed E-state index contributed by atoms with van der Waals surface area (Å²) in [5.74, 6) is 0.932. The highest BCUT2D eigenvalue weighted by molar-refractivity contribution is 7.12. The van der Waals surface area contributed by atoms with Crippen molar-refractivity contribution in [2.45, 2.75) is 32.2 Å². The van der Waals surface area contributed by atoms with E-state index in [4.69, 9.17) is 4.74 Å². The summed E-state index contributed by atoms with van der Waals surface area (Å²) in [6.07, 6.45) is 2.25. The lowest BCUT2D eigenvalue weighted by molar-refractivity contribution is -0.127. The first-order chi connectivity index (χ1) is 13.1. The zero-order chi connectivity index (χ0) is 19.2. The largest absolute Gasteiger partial charge is 0.497 e. The Kier molecular flexibility index (Phi) is 6.50. The Bertz CT molecular complexity index is 750. The molecule has 1 unspecified atom stereocenters. The number of thiophene rings is 1. The summed E-state index contributed by atoms with van der Waals surface area (Å²) < 4.78 is 5.20. The van der Waals surface area contributed by atoms with Gasteiger partial charge in [-0.15, -0.1) is 11.3 Å². The molecule has 3 rings (SSSR count). The van der Waals surface area contributed by atoms with E-state index in [-0.39, 0.29) is 23.8 Å². The lowest BCUT2D eigenvalue weighted by Gasteiger charge is -2.32. The lowest BCUT2D eigenvalue weighted by atomic mass is 9.94. The molecule has 1 aromatic heterocycles. The SMILES string of the molecule is CCC(NC(=O)C1CCN(C(=O)c2cccs2)CC1)c1ccc(OC)cc1. The molecule has 0 radical (unpaired) electrons. The molecule has 27 heavy (non-hydrogen) atoms. The van der Waals surface area contributed by atoms with Gasteiger partial charge in [-0.1, -0.05) is 25.1 Å².